The Balaban J connectivity index is 1.18. The Labute approximate surface area is 246 Å². The van der Waals surface area contributed by atoms with Crippen molar-refractivity contribution in [2.24, 2.45) is 10.2 Å². The number of amides is 6. The number of aromatic hydroxyl groups is 2. The Morgan fingerprint density at radius 1 is 0.523 bits per heavy atom. The summed E-state index contributed by atoms with van der Waals surface area (Å²) in [6.45, 7) is 0. The van der Waals surface area contributed by atoms with E-state index in [2.05, 4.69) is 21.1 Å². The molecule has 4 aromatic carbocycles. The van der Waals surface area contributed by atoms with Gasteiger partial charge >= 0.3 is 0 Å². The van der Waals surface area contributed by atoms with Crippen LogP contribution in [0.15, 0.2) is 95.2 Å². The number of phenolic OH excluding ortho intramolecular Hbond substituents is 2. The number of hydrazine groups is 2. The van der Waals surface area contributed by atoms with Crippen LogP contribution < -0.4 is 10.9 Å². The molecular formula is C30H18N6O8. The Morgan fingerprint density at radius 3 is 1.16 bits per heavy atom. The molecule has 216 valence electrons. The van der Waals surface area contributed by atoms with Crippen LogP contribution in [0.4, 0.5) is 11.4 Å². The second-order valence-corrected chi connectivity index (χ2v) is 9.47. The molecule has 0 unspecified atom stereocenters. The van der Waals surface area contributed by atoms with Crippen LogP contribution in [-0.4, -0.2) is 55.7 Å². The first kappa shape index (κ1) is 27.5. The Hall–Kier alpha value is -6.70. The fourth-order valence-electron chi connectivity index (χ4n) is 4.56. The molecule has 2 aliphatic heterocycles. The summed E-state index contributed by atoms with van der Waals surface area (Å²) in [5, 5.41) is 29.6. The van der Waals surface area contributed by atoms with Gasteiger partial charge < -0.3 is 10.2 Å². The highest BCUT2D eigenvalue weighted by atomic mass is 16.3. The minimum atomic E-state index is -0.967. The number of hydrogen-bond donors (Lipinski definition) is 4. The third-order valence-electron chi connectivity index (χ3n) is 6.75. The number of nitrogens with zero attached hydrogens (tertiary/aromatic N) is 4. The van der Waals surface area contributed by atoms with Gasteiger partial charge in [0.05, 0.1) is 44.8 Å². The summed E-state index contributed by atoms with van der Waals surface area (Å²) >= 11 is 0. The van der Waals surface area contributed by atoms with Gasteiger partial charge in [0, 0.05) is 0 Å². The SMILES string of the molecule is O=C(NN1C(=O)c2ccccc2C1=O)c1cc(N=Nc2ccc(O)c(C(=O)NN3C(=O)c4ccccc4C3=O)c2)ccc1O. The van der Waals surface area contributed by atoms with Gasteiger partial charge in [-0.1, -0.05) is 24.3 Å². The molecule has 6 amide bonds. The molecule has 6 rings (SSSR count). The quantitative estimate of drug-likeness (QED) is 0.193. The van der Waals surface area contributed by atoms with Gasteiger partial charge in [0.25, 0.3) is 35.4 Å². The first-order chi connectivity index (χ1) is 21.1. The zero-order chi connectivity index (χ0) is 31.1. The second-order valence-electron chi connectivity index (χ2n) is 9.47. The van der Waals surface area contributed by atoms with Gasteiger partial charge in [-0.15, -0.1) is 0 Å². The van der Waals surface area contributed by atoms with E-state index >= 15 is 0 Å². The average Bonchev–Trinajstić information content (AvgIpc) is 3.41. The molecule has 14 heteroatoms. The number of nitrogens with one attached hydrogen (secondary N) is 2. The Morgan fingerprint density at radius 2 is 0.841 bits per heavy atom. The predicted octanol–water partition coefficient (Wildman–Crippen LogP) is 3.40. The molecule has 44 heavy (non-hydrogen) atoms. The maximum Gasteiger partial charge on any atom is 0.280 e. The molecule has 0 bridgehead atoms. The molecule has 0 aromatic heterocycles. The van der Waals surface area contributed by atoms with Gasteiger partial charge in [-0.25, -0.2) is 0 Å². The maximum absolute atomic E-state index is 12.9. The topological polar surface area (TPSA) is 198 Å². The van der Waals surface area contributed by atoms with E-state index in [4.69, 9.17) is 0 Å². The van der Waals surface area contributed by atoms with Crippen LogP contribution in [0.2, 0.25) is 0 Å². The van der Waals surface area contributed by atoms with Crippen molar-refractivity contribution in [1.29, 1.82) is 0 Å². The zero-order valence-corrected chi connectivity index (χ0v) is 22.2. The fourth-order valence-corrected chi connectivity index (χ4v) is 4.56. The number of rotatable bonds is 6. The lowest BCUT2D eigenvalue weighted by molar-refractivity contribution is 0.0512. The summed E-state index contributed by atoms with van der Waals surface area (Å²) in [6, 6.07) is 19.4. The van der Waals surface area contributed by atoms with E-state index in [0.717, 1.165) is 24.3 Å². The molecule has 0 saturated carbocycles. The highest BCUT2D eigenvalue weighted by Gasteiger charge is 2.38. The summed E-state index contributed by atoms with van der Waals surface area (Å²) in [5.74, 6) is -5.79. The lowest BCUT2D eigenvalue weighted by Gasteiger charge is -2.15. The smallest absolute Gasteiger partial charge is 0.280 e. The minimum Gasteiger partial charge on any atom is -0.507 e. The molecular weight excluding hydrogens is 572 g/mol. The molecule has 0 spiro atoms. The van der Waals surface area contributed by atoms with Crippen molar-refractivity contribution in [3.8, 4) is 11.5 Å². The Kier molecular flexibility index (Phi) is 6.62. The van der Waals surface area contributed by atoms with Crippen LogP contribution in [0.1, 0.15) is 62.1 Å². The highest BCUT2D eigenvalue weighted by molar-refractivity contribution is 6.23. The monoisotopic (exact) mass is 590 g/mol. The van der Waals surface area contributed by atoms with Gasteiger partial charge in [0.2, 0.25) is 0 Å². The number of imide groups is 2. The summed E-state index contributed by atoms with van der Waals surface area (Å²) in [6.07, 6.45) is 0. The lowest BCUT2D eigenvalue weighted by atomic mass is 10.1. The molecule has 0 saturated heterocycles. The van der Waals surface area contributed by atoms with E-state index in [0.29, 0.717) is 10.0 Å². The summed E-state index contributed by atoms with van der Waals surface area (Å²) in [7, 11) is 0. The summed E-state index contributed by atoms with van der Waals surface area (Å²) in [5.41, 5.74) is 4.37. The van der Waals surface area contributed by atoms with E-state index < -0.39 is 46.9 Å². The van der Waals surface area contributed by atoms with Gasteiger partial charge in [-0.2, -0.15) is 20.2 Å². The first-order valence-corrected chi connectivity index (χ1v) is 12.8. The molecule has 14 nitrogen and oxygen atoms in total. The number of hydrogen-bond acceptors (Lipinski definition) is 10. The molecule has 0 aliphatic carbocycles. The van der Waals surface area contributed by atoms with E-state index in [1.54, 1.807) is 24.3 Å². The van der Waals surface area contributed by atoms with Crippen LogP contribution in [0, 0.1) is 0 Å². The second kappa shape index (κ2) is 10.6. The van der Waals surface area contributed by atoms with E-state index in [1.165, 1.54) is 36.4 Å². The van der Waals surface area contributed by atoms with Crippen LogP contribution in [-0.2, 0) is 0 Å². The van der Waals surface area contributed by atoms with E-state index in [-0.39, 0.29) is 44.8 Å². The van der Waals surface area contributed by atoms with Crippen molar-refractivity contribution in [2.45, 2.75) is 0 Å². The van der Waals surface area contributed by atoms with Crippen LogP contribution in [0.25, 0.3) is 0 Å². The summed E-state index contributed by atoms with van der Waals surface area (Å²) < 4.78 is 0. The van der Waals surface area contributed by atoms with Crippen LogP contribution >= 0.6 is 0 Å². The standard InChI is InChI=1S/C30H18N6O8/c37-23-11-9-15(13-21(23)25(39)33-35-27(41)17-5-1-2-6-18(17)28(35)42)31-32-16-10-12-24(38)22(14-16)26(40)34-36-29(43)19-7-3-4-8-20(19)30(36)44/h1-14,37-38H,(H,33,39)(H,34,40). The van der Waals surface area contributed by atoms with E-state index in [9.17, 15) is 39.0 Å². The maximum atomic E-state index is 12.9. The average molecular weight is 591 g/mol. The van der Waals surface area contributed by atoms with Crippen molar-refractivity contribution >= 4 is 46.8 Å². The first-order valence-electron chi connectivity index (χ1n) is 12.8. The van der Waals surface area contributed by atoms with Crippen molar-refractivity contribution in [3.05, 3.63) is 118 Å². The molecule has 0 radical (unpaired) electrons. The zero-order valence-electron chi connectivity index (χ0n) is 22.2. The van der Waals surface area contributed by atoms with Crippen LogP contribution in [0.5, 0.6) is 11.5 Å². The van der Waals surface area contributed by atoms with E-state index in [1.807, 2.05) is 0 Å². The van der Waals surface area contributed by atoms with Crippen LogP contribution in [0.3, 0.4) is 0 Å². The van der Waals surface area contributed by atoms with Gasteiger partial charge in [-0.05, 0) is 60.7 Å². The minimum absolute atomic E-state index is 0.0698. The third kappa shape index (κ3) is 4.67. The largest absolute Gasteiger partial charge is 0.507 e. The predicted molar refractivity (Wildman–Crippen MR) is 149 cm³/mol. The molecule has 2 heterocycles. The fraction of sp³-hybridized carbons (Fsp3) is 0. The molecule has 0 atom stereocenters. The highest BCUT2D eigenvalue weighted by Crippen LogP contribution is 2.29. The number of carbonyl (C=O) groups excluding carboxylic acids is 6. The van der Waals surface area contributed by atoms with Gasteiger partial charge in [-0.3, -0.25) is 39.6 Å². The molecule has 4 aromatic rings. The number of fused-ring (bicyclic) bond motifs is 2. The van der Waals surface area contributed by atoms with Crippen molar-refractivity contribution in [3.63, 3.8) is 0 Å². The normalized spacial score (nSPS) is 13.8. The number of phenols is 2. The summed E-state index contributed by atoms with van der Waals surface area (Å²) in [4.78, 5) is 76.1. The number of carbonyl (C=O) groups is 6. The van der Waals surface area contributed by atoms with Crippen molar-refractivity contribution in [1.82, 2.24) is 20.9 Å². The number of benzene rings is 4. The number of azo groups is 1. The third-order valence-corrected chi connectivity index (χ3v) is 6.75. The molecule has 4 N–H and O–H groups in total. The lowest BCUT2D eigenvalue weighted by Crippen LogP contribution is -2.45. The molecule has 2 aliphatic rings. The van der Waals surface area contributed by atoms with Crippen molar-refractivity contribution in [2.75, 3.05) is 0 Å². The van der Waals surface area contributed by atoms with Crippen molar-refractivity contribution < 1.29 is 39.0 Å². The molecule has 0 fully saturated rings. The Bertz CT molecular complexity index is 1780. The van der Waals surface area contributed by atoms with Gasteiger partial charge in [0.15, 0.2) is 0 Å². The van der Waals surface area contributed by atoms with Gasteiger partial charge in [0.1, 0.15) is 11.5 Å².